The topological polar surface area (TPSA) is 40.7 Å². The quantitative estimate of drug-likeness (QED) is 0.822. The van der Waals surface area contributed by atoms with Crippen molar-refractivity contribution in [2.45, 2.75) is 19.9 Å². The summed E-state index contributed by atoms with van der Waals surface area (Å²) in [5.41, 5.74) is 3.64. The Bertz CT molecular complexity index is 417. The lowest BCUT2D eigenvalue weighted by Gasteiger charge is -2.16. The van der Waals surface area contributed by atoms with E-state index in [4.69, 9.17) is 0 Å². The van der Waals surface area contributed by atoms with E-state index >= 15 is 0 Å². The Morgan fingerprint density at radius 2 is 2.00 bits per heavy atom. The van der Waals surface area contributed by atoms with Crippen LogP contribution < -0.4 is 5.32 Å². The summed E-state index contributed by atoms with van der Waals surface area (Å²) in [4.78, 5) is 0. The molecule has 0 spiro atoms. The van der Waals surface area contributed by atoms with Crippen LogP contribution in [0, 0.1) is 6.92 Å². The second-order valence-corrected chi connectivity index (χ2v) is 3.91. The van der Waals surface area contributed by atoms with Crippen molar-refractivity contribution in [2.24, 2.45) is 0 Å². The molecule has 0 bridgehead atoms. The zero-order chi connectivity index (χ0) is 11.4. The summed E-state index contributed by atoms with van der Waals surface area (Å²) in [7, 11) is 0. The standard InChI is InChI=1S/C13H17N3/c1-3-14-13(12-8-9-15-16-12)11-6-4-10(2)5-7-11/h4-9,13-14H,3H2,1-2H3,(H,15,16). The SMILES string of the molecule is CCNC(c1ccc(C)cc1)c1ccn[nH]1. The third-order valence-electron chi connectivity index (χ3n) is 2.65. The van der Waals surface area contributed by atoms with Crippen molar-refractivity contribution in [2.75, 3.05) is 6.54 Å². The number of H-pyrrole nitrogens is 1. The zero-order valence-electron chi connectivity index (χ0n) is 9.70. The van der Waals surface area contributed by atoms with E-state index in [9.17, 15) is 0 Å². The van der Waals surface area contributed by atoms with Gasteiger partial charge in [-0.05, 0) is 25.1 Å². The fraction of sp³-hybridized carbons (Fsp3) is 0.308. The molecule has 3 nitrogen and oxygen atoms in total. The van der Waals surface area contributed by atoms with Gasteiger partial charge in [0.05, 0.1) is 11.7 Å². The molecule has 2 aromatic rings. The summed E-state index contributed by atoms with van der Waals surface area (Å²) in [5, 5.41) is 10.5. The first kappa shape index (κ1) is 10.9. The number of aryl methyl sites for hydroxylation is 1. The smallest absolute Gasteiger partial charge is 0.0745 e. The van der Waals surface area contributed by atoms with Crippen molar-refractivity contribution in [3.05, 3.63) is 53.3 Å². The minimum Gasteiger partial charge on any atom is -0.305 e. The van der Waals surface area contributed by atoms with E-state index in [1.165, 1.54) is 11.1 Å². The maximum absolute atomic E-state index is 4.00. The fourth-order valence-corrected chi connectivity index (χ4v) is 1.80. The average Bonchev–Trinajstić information content (AvgIpc) is 2.81. The molecule has 1 unspecified atom stereocenters. The van der Waals surface area contributed by atoms with Crippen LogP contribution in [-0.2, 0) is 0 Å². The summed E-state index contributed by atoms with van der Waals surface area (Å²) in [6.45, 7) is 5.14. The molecule has 0 amide bonds. The second-order valence-electron chi connectivity index (χ2n) is 3.91. The van der Waals surface area contributed by atoms with Crippen LogP contribution in [0.2, 0.25) is 0 Å². The maximum Gasteiger partial charge on any atom is 0.0745 e. The number of hydrogen-bond donors (Lipinski definition) is 2. The van der Waals surface area contributed by atoms with Crippen LogP contribution in [0.15, 0.2) is 36.5 Å². The maximum atomic E-state index is 4.00. The highest BCUT2D eigenvalue weighted by molar-refractivity contribution is 5.29. The summed E-state index contributed by atoms with van der Waals surface area (Å²) >= 11 is 0. The van der Waals surface area contributed by atoms with Gasteiger partial charge in [0, 0.05) is 6.20 Å². The Morgan fingerprint density at radius 3 is 2.56 bits per heavy atom. The summed E-state index contributed by atoms with van der Waals surface area (Å²) in [5.74, 6) is 0. The summed E-state index contributed by atoms with van der Waals surface area (Å²) in [6, 6.07) is 10.8. The van der Waals surface area contributed by atoms with Gasteiger partial charge in [0.15, 0.2) is 0 Å². The van der Waals surface area contributed by atoms with Gasteiger partial charge in [-0.1, -0.05) is 36.8 Å². The van der Waals surface area contributed by atoms with Gasteiger partial charge in [-0.3, -0.25) is 5.10 Å². The molecule has 2 N–H and O–H groups in total. The Kier molecular flexibility index (Phi) is 3.37. The van der Waals surface area contributed by atoms with Gasteiger partial charge in [0.1, 0.15) is 0 Å². The van der Waals surface area contributed by atoms with E-state index in [2.05, 4.69) is 53.6 Å². The van der Waals surface area contributed by atoms with Crippen molar-refractivity contribution < 1.29 is 0 Å². The Labute approximate surface area is 95.9 Å². The zero-order valence-corrected chi connectivity index (χ0v) is 9.70. The van der Waals surface area contributed by atoms with Crippen LogP contribution in [0.3, 0.4) is 0 Å². The largest absolute Gasteiger partial charge is 0.305 e. The Morgan fingerprint density at radius 1 is 1.25 bits per heavy atom. The van der Waals surface area contributed by atoms with Crippen LogP contribution in [0.1, 0.15) is 29.8 Å². The lowest BCUT2D eigenvalue weighted by atomic mass is 10.0. The molecule has 16 heavy (non-hydrogen) atoms. The number of rotatable bonds is 4. The third kappa shape index (κ3) is 2.31. The molecular weight excluding hydrogens is 198 g/mol. The van der Waals surface area contributed by atoms with Crippen molar-refractivity contribution in [1.29, 1.82) is 0 Å². The first-order valence-corrected chi connectivity index (χ1v) is 5.60. The highest BCUT2D eigenvalue weighted by Gasteiger charge is 2.13. The molecule has 1 heterocycles. The molecule has 1 aromatic heterocycles. The van der Waals surface area contributed by atoms with Crippen molar-refractivity contribution in [1.82, 2.24) is 15.5 Å². The number of aromatic nitrogens is 2. The number of hydrogen-bond acceptors (Lipinski definition) is 2. The summed E-state index contributed by atoms with van der Waals surface area (Å²) < 4.78 is 0. The van der Waals surface area contributed by atoms with E-state index in [-0.39, 0.29) is 6.04 Å². The molecule has 0 radical (unpaired) electrons. The molecule has 0 aliphatic carbocycles. The molecule has 1 atom stereocenters. The molecule has 3 heteroatoms. The minimum atomic E-state index is 0.202. The highest BCUT2D eigenvalue weighted by atomic mass is 15.1. The van der Waals surface area contributed by atoms with Crippen molar-refractivity contribution in [3.63, 3.8) is 0 Å². The first-order chi connectivity index (χ1) is 7.81. The molecule has 0 saturated carbocycles. The highest BCUT2D eigenvalue weighted by Crippen LogP contribution is 2.20. The molecule has 1 aromatic carbocycles. The average molecular weight is 215 g/mol. The molecule has 84 valence electrons. The molecule has 2 rings (SSSR count). The number of aromatic amines is 1. The molecule has 0 fully saturated rings. The van der Waals surface area contributed by atoms with E-state index in [0.717, 1.165) is 12.2 Å². The number of nitrogens with one attached hydrogen (secondary N) is 2. The molecular formula is C13H17N3. The van der Waals surface area contributed by atoms with Gasteiger partial charge in [-0.2, -0.15) is 5.10 Å². The molecule has 0 saturated heterocycles. The van der Waals surface area contributed by atoms with Crippen LogP contribution in [0.4, 0.5) is 0 Å². The van der Waals surface area contributed by atoms with Gasteiger partial charge in [-0.25, -0.2) is 0 Å². The van der Waals surface area contributed by atoms with Crippen molar-refractivity contribution in [3.8, 4) is 0 Å². The number of nitrogens with zero attached hydrogens (tertiary/aromatic N) is 1. The molecule has 0 aliphatic heterocycles. The van der Waals surface area contributed by atoms with E-state index in [1.807, 2.05) is 6.07 Å². The van der Waals surface area contributed by atoms with Gasteiger partial charge in [0.25, 0.3) is 0 Å². The lowest BCUT2D eigenvalue weighted by Crippen LogP contribution is -2.22. The Hall–Kier alpha value is -1.61. The third-order valence-corrected chi connectivity index (χ3v) is 2.65. The van der Waals surface area contributed by atoms with E-state index in [1.54, 1.807) is 6.20 Å². The normalized spacial score (nSPS) is 12.6. The summed E-state index contributed by atoms with van der Waals surface area (Å²) in [6.07, 6.45) is 1.79. The van der Waals surface area contributed by atoms with E-state index < -0.39 is 0 Å². The predicted molar refractivity (Wildman–Crippen MR) is 65.3 cm³/mol. The lowest BCUT2D eigenvalue weighted by molar-refractivity contribution is 0.613. The number of benzene rings is 1. The van der Waals surface area contributed by atoms with E-state index in [0.29, 0.717) is 0 Å². The molecule has 0 aliphatic rings. The minimum absolute atomic E-state index is 0.202. The van der Waals surface area contributed by atoms with Crippen LogP contribution in [0.25, 0.3) is 0 Å². The van der Waals surface area contributed by atoms with Crippen molar-refractivity contribution >= 4 is 0 Å². The van der Waals surface area contributed by atoms with Gasteiger partial charge < -0.3 is 5.32 Å². The Balaban J connectivity index is 2.29. The van der Waals surface area contributed by atoms with Crippen LogP contribution >= 0.6 is 0 Å². The van der Waals surface area contributed by atoms with Gasteiger partial charge in [-0.15, -0.1) is 0 Å². The van der Waals surface area contributed by atoms with Gasteiger partial charge >= 0.3 is 0 Å². The predicted octanol–water partition coefficient (Wildman–Crippen LogP) is 2.42. The second kappa shape index (κ2) is 4.94. The first-order valence-electron chi connectivity index (χ1n) is 5.60. The van der Waals surface area contributed by atoms with Gasteiger partial charge in [0.2, 0.25) is 0 Å². The fourth-order valence-electron chi connectivity index (χ4n) is 1.80. The van der Waals surface area contributed by atoms with Crippen LogP contribution in [0.5, 0.6) is 0 Å². The monoisotopic (exact) mass is 215 g/mol. The van der Waals surface area contributed by atoms with Crippen LogP contribution in [-0.4, -0.2) is 16.7 Å².